The summed E-state index contributed by atoms with van der Waals surface area (Å²) in [6, 6.07) is 14.8. The Morgan fingerprint density at radius 3 is 2.59 bits per heavy atom. The summed E-state index contributed by atoms with van der Waals surface area (Å²) < 4.78 is 47.9. The molecule has 0 unspecified atom stereocenters. The molecule has 0 radical (unpaired) electrons. The maximum Gasteiger partial charge on any atom is 0.422 e. The summed E-state index contributed by atoms with van der Waals surface area (Å²) in [5.41, 5.74) is 3.62. The molecule has 1 aliphatic rings. The minimum absolute atomic E-state index is 0.208. The fourth-order valence-electron chi connectivity index (χ4n) is 5.16. The largest absolute Gasteiger partial charge is 0.422 e. The molecule has 194 valence electrons. The van der Waals surface area contributed by atoms with Crippen LogP contribution in [0.1, 0.15) is 67.3 Å². The van der Waals surface area contributed by atoms with Crippen LogP contribution in [0.25, 0.3) is 32.5 Å². The van der Waals surface area contributed by atoms with Gasteiger partial charge in [0.05, 0.1) is 10.6 Å². The Morgan fingerprint density at radius 2 is 1.86 bits per heavy atom. The van der Waals surface area contributed by atoms with Crippen LogP contribution < -0.4 is 0 Å². The zero-order valence-corrected chi connectivity index (χ0v) is 21.5. The summed E-state index contributed by atoms with van der Waals surface area (Å²) in [4.78, 5) is 5.50. The van der Waals surface area contributed by atoms with Crippen molar-refractivity contribution >= 4 is 11.3 Å². The molecule has 4 nitrogen and oxygen atoms in total. The van der Waals surface area contributed by atoms with E-state index in [1.54, 1.807) is 30.3 Å². The average Bonchev–Trinajstić information content (AvgIpc) is 3.54. The highest BCUT2D eigenvalue weighted by Crippen LogP contribution is 2.47. The number of alkyl halides is 3. The van der Waals surface area contributed by atoms with Crippen molar-refractivity contribution in [2.75, 3.05) is 6.61 Å². The fraction of sp³-hybridized carbons (Fsp3) is 0.379. The number of hydrogen-bond acceptors (Lipinski definition) is 5. The monoisotopic (exact) mass is 526 g/mol. The van der Waals surface area contributed by atoms with Gasteiger partial charge in [-0.05, 0) is 54.7 Å². The van der Waals surface area contributed by atoms with Gasteiger partial charge in [0.15, 0.2) is 5.01 Å². The van der Waals surface area contributed by atoms with Crippen molar-refractivity contribution in [2.45, 2.75) is 64.0 Å². The highest BCUT2D eigenvalue weighted by Gasteiger charge is 2.42. The molecule has 1 atom stereocenters. The molecule has 2 aromatic heterocycles. The number of nitrogens with zero attached hydrogens (tertiary/aromatic N) is 2. The lowest BCUT2D eigenvalue weighted by Gasteiger charge is -2.20. The molecule has 1 N–H and O–H groups in total. The number of aryl methyl sites for hydroxylation is 2. The molecular weight excluding hydrogens is 497 g/mol. The first-order valence-corrected chi connectivity index (χ1v) is 13.6. The van der Waals surface area contributed by atoms with Crippen molar-refractivity contribution < 1.29 is 22.8 Å². The molecule has 0 fully saturated rings. The molecule has 0 saturated heterocycles. The molecule has 1 aliphatic carbocycles. The molecule has 0 spiro atoms. The second-order valence-corrected chi connectivity index (χ2v) is 10.5. The predicted octanol–water partition coefficient (Wildman–Crippen LogP) is 8.30. The number of rotatable bonds is 9. The van der Waals surface area contributed by atoms with Crippen LogP contribution in [0.2, 0.25) is 0 Å². The van der Waals surface area contributed by atoms with Gasteiger partial charge in [-0.15, -0.1) is 11.3 Å². The third-order valence-corrected chi connectivity index (χ3v) is 8.22. The third kappa shape index (κ3) is 5.22. The van der Waals surface area contributed by atoms with E-state index in [-0.39, 0.29) is 23.1 Å². The van der Waals surface area contributed by atoms with Gasteiger partial charge in [0.2, 0.25) is 5.76 Å². The van der Waals surface area contributed by atoms with E-state index in [1.807, 2.05) is 0 Å². The Balaban J connectivity index is 1.47. The van der Waals surface area contributed by atoms with Gasteiger partial charge in [0.1, 0.15) is 11.3 Å². The maximum atomic E-state index is 14.2. The number of hydrogen-bond donors (Lipinski definition) is 1. The lowest BCUT2D eigenvalue weighted by Crippen LogP contribution is -2.07. The van der Waals surface area contributed by atoms with Crippen molar-refractivity contribution in [1.29, 1.82) is 0 Å². The number of aliphatic hydroxyl groups excluding tert-OH is 1. The first-order chi connectivity index (χ1) is 17.9. The van der Waals surface area contributed by atoms with Crippen LogP contribution in [0.15, 0.2) is 53.1 Å². The number of unbranched alkanes of at least 4 members (excludes halogenated alkanes) is 2. The minimum Gasteiger partial charge on any atom is -0.396 e. The third-order valence-electron chi connectivity index (χ3n) is 7.09. The molecule has 0 bridgehead atoms. The maximum absolute atomic E-state index is 14.2. The normalized spacial score (nSPS) is 13.9. The number of halogens is 3. The molecular formula is C29H29F3N2O2S. The van der Waals surface area contributed by atoms with Gasteiger partial charge in [0, 0.05) is 12.2 Å². The SMILES string of the molecule is CC[C@@H](CCCCCO)c1ccc2c(c1)CCc1nc(-c3onc(-c4ccccc4)c3C(F)(F)F)sc1-2. The summed E-state index contributed by atoms with van der Waals surface area (Å²) in [6.45, 7) is 2.43. The lowest BCUT2D eigenvalue weighted by molar-refractivity contribution is -0.136. The van der Waals surface area contributed by atoms with Gasteiger partial charge in [-0.3, -0.25) is 0 Å². The van der Waals surface area contributed by atoms with E-state index < -0.39 is 11.7 Å². The van der Waals surface area contributed by atoms with E-state index >= 15 is 0 Å². The zero-order valence-electron chi connectivity index (χ0n) is 20.6. The lowest BCUT2D eigenvalue weighted by atomic mass is 9.86. The number of aliphatic hydroxyl groups is 1. The van der Waals surface area contributed by atoms with Crippen molar-refractivity contribution in [3.63, 3.8) is 0 Å². The van der Waals surface area contributed by atoms with Crippen LogP contribution in [0, 0.1) is 0 Å². The van der Waals surface area contributed by atoms with Crippen molar-refractivity contribution in [3.8, 4) is 32.5 Å². The summed E-state index contributed by atoms with van der Waals surface area (Å²) in [5.74, 6) is 0.139. The predicted molar refractivity (Wildman–Crippen MR) is 139 cm³/mol. The standard InChI is InChI=1S/C29H29F3N2O2S/c1-2-18(9-7-4-8-16-35)20-12-14-22-21(17-20)13-15-23-27(22)37-28(33-23)26-24(29(30,31)32)25(34-36-26)19-10-5-3-6-11-19/h3,5-6,10-12,14,17-18,35H,2,4,7-9,13,15-16H2,1H3/t18-/m0/s1. The first kappa shape index (κ1) is 25.7. The van der Waals surface area contributed by atoms with E-state index in [0.717, 1.165) is 54.7 Å². The van der Waals surface area contributed by atoms with Crippen LogP contribution in [-0.4, -0.2) is 21.9 Å². The Labute approximate surface area is 218 Å². The van der Waals surface area contributed by atoms with E-state index in [2.05, 4.69) is 35.3 Å². The minimum atomic E-state index is -4.63. The second kappa shape index (κ2) is 10.8. The smallest absolute Gasteiger partial charge is 0.396 e. The molecule has 2 heterocycles. The topological polar surface area (TPSA) is 59.2 Å². The number of fused-ring (bicyclic) bond motifs is 3. The molecule has 0 saturated carbocycles. The Bertz CT molecular complexity index is 1360. The van der Waals surface area contributed by atoms with Gasteiger partial charge >= 0.3 is 6.18 Å². The Morgan fingerprint density at radius 1 is 1.05 bits per heavy atom. The van der Waals surface area contributed by atoms with E-state index in [4.69, 9.17) is 9.63 Å². The van der Waals surface area contributed by atoms with Crippen molar-refractivity contribution in [2.24, 2.45) is 0 Å². The molecule has 5 rings (SSSR count). The highest BCUT2D eigenvalue weighted by atomic mass is 32.1. The molecule has 37 heavy (non-hydrogen) atoms. The molecule has 0 aliphatic heterocycles. The van der Waals surface area contributed by atoms with Crippen molar-refractivity contribution in [1.82, 2.24) is 10.1 Å². The highest BCUT2D eigenvalue weighted by molar-refractivity contribution is 7.18. The van der Waals surface area contributed by atoms with Crippen LogP contribution in [0.5, 0.6) is 0 Å². The average molecular weight is 527 g/mol. The summed E-state index contributed by atoms with van der Waals surface area (Å²) in [7, 11) is 0. The van der Waals surface area contributed by atoms with Gasteiger partial charge in [-0.25, -0.2) is 4.98 Å². The van der Waals surface area contributed by atoms with E-state index in [1.165, 1.54) is 22.5 Å². The van der Waals surface area contributed by atoms with Gasteiger partial charge in [-0.2, -0.15) is 13.2 Å². The van der Waals surface area contributed by atoms with E-state index in [9.17, 15) is 13.2 Å². The number of benzene rings is 2. The summed E-state index contributed by atoms with van der Waals surface area (Å²) in [6.07, 6.45) is 1.93. The Hall–Kier alpha value is -2.97. The van der Waals surface area contributed by atoms with Crippen LogP contribution >= 0.6 is 11.3 Å². The van der Waals surface area contributed by atoms with Crippen LogP contribution in [-0.2, 0) is 19.0 Å². The zero-order chi connectivity index (χ0) is 26.0. The first-order valence-electron chi connectivity index (χ1n) is 12.8. The van der Waals surface area contributed by atoms with Crippen molar-refractivity contribution in [3.05, 3.63) is 70.9 Å². The quantitative estimate of drug-likeness (QED) is 0.223. The van der Waals surface area contributed by atoms with Gasteiger partial charge in [-0.1, -0.05) is 73.5 Å². The van der Waals surface area contributed by atoms with Crippen LogP contribution in [0.3, 0.4) is 0 Å². The molecule has 0 amide bonds. The van der Waals surface area contributed by atoms with Gasteiger partial charge in [0.25, 0.3) is 0 Å². The number of aromatic nitrogens is 2. The fourth-order valence-corrected chi connectivity index (χ4v) is 6.31. The van der Waals surface area contributed by atoms with Crippen LogP contribution in [0.4, 0.5) is 13.2 Å². The summed E-state index contributed by atoms with van der Waals surface area (Å²) >= 11 is 1.24. The molecule has 2 aromatic carbocycles. The second-order valence-electron chi connectivity index (χ2n) is 9.49. The number of thiazole rings is 1. The van der Waals surface area contributed by atoms with Gasteiger partial charge < -0.3 is 9.63 Å². The molecule has 4 aromatic rings. The molecule has 8 heteroatoms. The Kier molecular flexibility index (Phi) is 7.49. The van der Waals surface area contributed by atoms with E-state index in [0.29, 0.717) is 17.9 Å². The summed E-state index contributed by atoms with van der Waals surface area (Å²) in [5, 5.41) is 13.1.